The van der Waals surface area contributed by atoms with Crippen molar-refractivity contribution in [3.8, 4) is 11.5 Å². The summed E-state index contributed by atoms with van der Waals surface area (Å²) >= 11 is 1.06. The van der Waals surface area contributed by atoms with Gasteiger partial charge in [0.15, 0.2) is 5.58 Å². The predicted octanol–water partition coefficient (Wildman–Crippen LogP) is 5.63. The summed E-state index contributed by atoms with van der Waals surface area (Å²) in [5.41, 5.74) is 2.57. The molecule has 11 nitrogen and oxygen atoms in total. The fraction of sp³-hybridized carbons (Fsp3) is 0.100. The summed E-state index contributed by atoms with van der Waals surface area (Å²) in [5, 5.41) is 5.78. The van der Waals surface area contributed by atoms with E-state index in [9.17, 15) is 18.0 Å². The van der Waals surface area contributed by atoms with Gasteiger partial charge in [-0.2, -0.15) is 0 Å². The molecule has 5 aromatic rings. The number of hydrogen-bond donors (Lipinski definition) is 3. The van der Waals surface area contributed by atoms with E-state index in [0.29, 0.717) is 45.2 Å². The minimum absolute atomic E-state index is 0.00690. The van der Waals surface area contributed by atoms with Crippen LogP contribution in [-0.2, 0) is 14.8 Å². The molecule has 0 saturated carbocycles. The van der Waals surface area contributed by atoms with Gasteiger partial charge in [-0.1, -0.05) is 23.9 Å². The van der Waals surface area contributed by atoms with Gasteiger partial charge in [0.25, 0.3) is 21.2 Å². The zero-order chi connectivity index (χ0) is 30.4. The number of rotatable bonds is 11. The highest BCUT2D eigenvalue weighted by Crippen LogP contribution is 2.27. The predicted molar refractivity (Wildman–Crippen MR) is 165 cm³/mol. The SMILES string of the molecule is COc1ccc(NS(=O)(=O)c2ccc3oc(SCC(=O)Nc4ccc(C(=O)Nc5ccccc5OC)cc4)nc3c2)cc1. The van der Waals surface area contributed by atoms with Crippen molar-refractivity contribution < 1.29 is 31.9 Å². The van der Waals surface area contributed by atoms with Gasteiger partial charge in [0.1, 0.15) is 17.0 Å². The number of sulfonamides is 1. The molecule has 0 radical (unpaired) electrons. The van der Waals surface area contributed by atoms with Crippen molar-refractivity contribution >= 4 is 61.8 Å². The van der Waals surface area contributed by atoms with Crippen molar-refractivity contribution in [2.75, 3.05) is 35.3 Å². The summed E-state index contributed by atoms with van der Waals surface area (Å²) in [6.07, 6.45) is 0. The third-order valence-corrected chi connectivity index (χ3v) is 8.31. The van der Waals surface area contributed by atoms with E-state index in [-0.39, 0.29) is 27.7 Å². The van der Waals surface area contributed by atoms with Crippen LogP contribution in [0.1, 0.15) is 10.4 Å². The topological polar surface area (TPSA) is 149 Å². The molecule has 4 aromatic carbocycles. The minimum Gasteiger partial charge on any atom is -0.497 e. The molecule has 0 atom stereocenters. The standard InChI is InChI=1S/C30H26N4O7S2/c1-39-22-13-11-21(12-14-22)34-43(37,38)23-15-16-27-25(17-23)33-30(41-27)42-18-28(35)31-20-9-7-19(8-10-20)29(36)32-24-5-3-4-6-26(24)40-2/h3-17,34H,18H2,1-2H3,(H,31,35)(H,32,36). The number of hydrogen-bond acceptors (Lipinski definition) is 9. The van der Waals surface area contributed by atoms with Crippen LogP contribution in [-0.4, -0.2) is 45.2 Å². The second kappa shape index (κ2) is 12.9. The molecule has 13 heteroatoms. The van der Waals surface area contributed by atoms with Gasteiger partial charge in [-0.05, 0) is 78.9 Å². The monoisotopic (exact) mass is 618 g/mol. The fourth-order valence-corrected chi connectivity index (χ4v) is 5.68. The molecule has 5 rings (SSSR count). The molecule has 3 N–H and O–H groups in total. The van der Waals surface area contributed by atoms with E-state index in [0.717, 1.165) is 11.8 Å². The van der Waals surface area contributed by atoms with E-state index >= 15 is 0 Å². The van der Waals surface area contributed by atoms with E-state index in [1.807, 2.05) is 0 Å². The summed E-state index contributed by atoms with van der Waals surface area (Å²) in [5.74, 6) is 0.511. The number of anilines is 3. The Morgan fingerprint density at radius 1 is 0.860 bits per heavy atom. The van der Waals surface area contributed by atoms with Crippen molar-refractivity contribution in [1.29, 1.82) is 0 Å². The molecule has 2 amide bonds. The number of benzene rings is 4. The summed E-state index contributed by atoms with van der Waals surface area (Å²) < 4.78 is 44.3. The molecular weight excluding hydrogens is 592 g/mol. The minimum atomic E-state index is -3.88. The molecule has 0 aliphatic heterocycles. The Morgan fingerprint density at radius 2 is 1.58 bits per heavy atom. The van der Waals surface area contributed by atoms with Crippen molar-refractivity contribution in [3.05, 3.63) is 96.6 Å². The van der Waals surface area contributed by atoms with Gasteiger partial charge in [0, 0.05) is 16.9 Å². The first-order valence-electron chi connectivity index (χ1n) is 12.8. The Kier molecular flexibility index (Phi) is 8.83. The molecule has 1 aromatic heterocycles. The van der Waals surface area contributed by atoms with E-state index in [1.165, 1.54) is 32.4 Å². The van der Waals surface area contributed by atoms with Crippen LogP contribution in [0.4, 0.5) is 17.1 Å². The summed E-state index contributed by atoms with van der Waals surface area (Å²) in [4.78, 5) is 29.5. The van der Waals surface area contributed by atoms with Crippen LogP contribution in [0.3, 0.4) is 0 Å². The van der Waals surface area contributed by atoms with Crippen molar-refractivity contribution in [1.82, 2.24) is 4.98 Å². The highest BCUT2D eigenvalue weighted by Gasteiger charge is 2.18. The van der Waals surface area contributed by atoms with Crippen LogP contribution in [0.2, 0.25) is 0 Å². The van der Waals surface area contributed by atoms with Crippen molar-refractivity contribution in [3.63, 3.8) is 0 Å². The quantitative estimate of drug-likeness (QED) is 0.160. The molecule has 0 bridgehead atoms. The maximum Gasteiger partial charge on any atom is 0.261 e. The number of ether oxygens (including phenoxy) is 2. The molecule has 0 spiro atoms. The van der Waals surface area contributed by atoms with Crippen molar-refractivity contribution in [2.45, 2.75) is 10.1 Å². The smallest absolute Gasteiger partial charge is 0.261 e. The lowest BCUT2D eigenvalue weighted by Gasteiger charge is -2.10. The van der Waals surface area contributed by atoms with Crippen LogP contribution in [0.15, 0.2) is 106 Å². The zero-order valence-corrected chi connectivity index (χ0v) is 24.6. The number of nitrogens with zero attached hydrogens (tertiary/aromatic N) is 1. The Balaban J connectivity index is 1.16. The van der Waals surface area contributed by atoms with Gasteiger partial charge >= 0.3 is 0 Å². The molecule has 220 valence electrons. The molecular formula is C30H26N4O7S2. The lowest BCUT2D eigenvalue weighted by Crippen LogP contribution is -2.15. The molecule has 0 saturated heterocycles. The molecule has 0 unspecified atom stereocenters. The third kappa shape index (κ3) is 7.26. The molecule has 0 fully saturated rings. The maximum atomic E-state index is 12.9. The average Bonchev–Trinajstić information content (AvgIpc) is 3.43. The summed E-state index contributed by atoms with van der Waals surface area (Å²) in [6.45, 7) is 0. The largest absolute Gasteiger partial charge is 0.497 e. The second-order valence-electron chi connectivity index (χ2n) is 9.01. The van der Waals surface area contributed by atoms with Crippen LogP contribution in [0.25, 0.3) is 11.1 Å². The number of carbonyl (C=O) groups excluding carboxylic acids is 2. The highest BCUT2D eigenvalue weighted by molar-refractivity contribution is 7.99. The highest BCUT2D eigenvalue weighted by atomic mass is 32.2. The number of oxazole rings is 1. The van der Waals surface area contributed by atoms with Gasteiger partial charge < -0.3 is 24.5 Å². The van der Waals surface area contributed by atoms with Crippen LogP contribution in [0.5, 0.6) is 11.5 Å². The fourth-order valence-electron chi connectivity index (χ4n) is 3.96. The van der Waals surface area contributed by atoms with Gasteiger partial charge in [-0.15, -0.1) is 0 Å². The number of amides is 2. The van der Waals surface area contributed by atoms with E-state index in [4.69, 9.17) is 13.9 Å². The molecule has 0 aliphatic carbocycles. The first-order valence-corrected chi connectivity index (χ1v) is 15.3. The number of carbonyl (C=O) groups is 2. The van der Waals surface area contributed by atoms with Gasteiger partial charge in [0.2, 0.25) is 5.91 Å². The zero-order valence-electron chi connectivity index (χ0n) is 23.0. The van der Waals surface area contributed by atoms with Crippen LogP contribution in [0, 0.1) is 0 Å². The first kappa shape index (κ1) is 29.5. The van der Waals surface area contributed by atoms with Crippen LogP contribution >= 0.6 is 11.8 Å². The lowest BCUT2D eigenvalue weighted by atomic mass is 10.2. The number of fused-ring (bicyclic) bond motifs is 1. The number of aromatic nitrogens is 1. The van der Waals surface area contributed by atoms with E-state index in [1.54, 1.807) is 72.8 Å². The number of thioether (sulfide) groups is 1. The normalized spacial score (nSPS) is 11.1. The number of para-hydroxylation sites is 2. The van der Waals surface area contributed by atoms with E-state index in [2.05, 4.69) is 20.3 Å². The molecule has 43 heavy (non-hydrogen) atoms. The Morgan fingerprint density at radius 3 is 2.30 bits per heavy atom. The van der Waals surface area contributed by atoms with Crippen LogP contribution < -0.4 is 24.8 Å². The Labute approximate surface area is 251 Å². The number of methoxy groups -OCH3 is 2. The van der Waals surface area contributed by atoms with Gasteiger partial charge in [0.05, 0.1) is 30.6 Å². The van der Waals surface area contributed by atoms with E-state index < -0.39 is 10.0 Å². The Hall–Kier alpha value is -5.01. The molecule has 0 aliphatic rings. The lowest BCUT2D eigenvalue weighted by molar-refractivity contribution is -0.113. The number of nitrogens with one attached hydrogen (secondary N) is 3. The first-order chi connectivity index (χ1) is 20.7. The van der Waals surface area contributed by atoms with Gasteiger partial charge in [-0.3, -0.25) is 14.3 Å². The summed E-state index contributed by atoms with van der Waals surface area (Å²) in [6, 6.07) is 24.4. The van der Waals surface area contributed by atoms with Gasteiger partial charge in [-0.25, -0.2) is 13.4 Å². The van der Waals surface area contributed by atoms with Crippen molar-refractivity contribution in [2.24, 2.45) is 0 Å². The summed E-state index contributed by atoms with van der Waals surface area (Å²) in [7, 11) is -0.826. The Bertz CT molecular complexity index is 1870. The third-order valence-electron chi connectivity index (χ3n) is 6.10. The second-order valence-corrected chi connectivity index (χ2v) is 11.6. The maximum absolute atomic E-state index is 12.9. The average molecular weight is 619 g/mol. The molecule has 1 heterocycles.